The summed E-state index contributed by atoms with van der Waals surface area (Å²) in [5.41, 5.74) is 1.11. The second-order valence-electron chi connectivity index (χ2n) is 5.21. The first-order chi connectivity index (χ1) is 12.2. The van der Waals surface area contributed by atoms with Crippen molar-refractivity contribution in [1.82, 2.24) is 20.3 Å². The summed E-state index contributed by atoms with van der Waals surface area (Å²) in [5, 5.41) is 11.6. The topological polar surface area (TPSA) is 77.8 Å². The van der Waals surface area contributed by atoms with Crippen LogP contribution in [0.1, 0.15) is 11.8 Å². The van der Waals surface area contributed by atoms with Crippen LogP contribution in [0.15, 0.2) is 57.5 Å². The Balaban J connectivity index is 1.52. The molecule has 0 saturated carbocycles. The zero-order valence-electron chi connectivity index (χ0n) is 12.7. The molecule has 2 heterocycles. The highest BCUT2D eigenvalue weighted by atomic mass is 19.1. The van der Waals surface area contributed by atoms with Gasteiger partial charge in [-0.1, -0.05) is 17.3 Å². The van der Waals surface area contributed by atoms with Gasteiger partial charge in [-0.05, 0) is 36.4 Å². The monoisotopic (exact) mass is 340 g/mol. The second kappa shape index (κ2) is 6.23. The van der Waals surface area contributed by atoms with Gasteiger partial charge in [0.1, 0.15) is 18.1 Å². The van der Waals surface area contributed by atoms with Crippen molar-refractivity contribution < 1.29 is 17.7 Å². The van der Waals surface area contributed by atoms with Crippen LogP contribution in [-0.4, -0.2) is 20.3 Å². The second-order valence-corrected chi connectivity index (χ2v) is 5.21. The molecule has 4 rings (SSSR count). The Labute approximate surface area is 140 Å². The molecule has 0 spiro atoms. The first kappa shape index (κ1) is 15.1. The molecule has 2 aromatic heterocycles. The van der Waals surface area contributed by atoms with E-state index < -0.39 is 0 Å². The van der Waals surface area contributed by atoms with Crippen LogP contribution < -0.4 is 0 Å². The Hall–Kier alpha value is -3.42. The summed E-state index contributed by atoms with van der Waals surface area (Å²) in [6.07, 6.45) is 0.135. The molecule has 0 aliphatic carbocycles. The van der Waals surface area contributed by atoms with Crippen LogP contribution in [0, 0.1) is 11.6 Å². The molecule has 0 aliphatic rings. The molecule has 0 N–H and O–H groups in total. The first-order valence-electron chi connectivity index (χ1n) is 7.34. The third kappa shape index (κ3) is 3.27. The van der Waals surface area contributed by atoms with Gasteiger partial charge in [0.05, 0.1) is 0 Å². The lowest BCUT2D eigenvalue weighted by Gasteiger charge is -1.93. The molecule has 4 aromatic rings. The van der Waals surface area contributed by atoms with Crippen molar-refractivity contribution in [2.45, 2.75) is 6.42 Å². The minimum absolute atomic E-state index is 0.135. The fourth-order valence-corrected chi connectivity index (χ4v) is 2.24. The van der Waals surface area contributed by atoms with E-state index in [0.717, 1.165) is 0 Å². The van der Waals surface area contributed by atoms with Gasteiger partial charge in [-0.15, -0.1) is 10.2 Å². The largest absolute Gasteiger partial charge is 0.420 e. The molecule has 0 atom stereocenters. The molecule has 0 saturated heterocycles. The molecular weight excluding hydrogens is 330 g/mol. The van der Waals surface area contributed by atoms with Gasteiger partial charge in [0.15, 0.2) is 0 Å². The lowest BCUT2D eigenvalue weighted by atomic mass is 10.2. The van der Waals surface area contributed by atoms with Crippen LogP contribution in [-0.2, 0) is 6.42 Å². The van der Waals surface area contributed by atoms with Crippen LogP contribution in [0.5, 0.6) is 0 Å². The quantitative estimate of drug-likeness (QED) is 0.564. The Morgan fingerprint density at radius 3 is 2.48 bits per heavy atom. The number of aromatic nitrogens is 4. The van der Waals surface area contributed by atoms with Crippen molar-refractivity contribution in [2.75, 3.05) is 0 Å². The fraction of sp³-hybridized carbons (Fsp3) is 0.0588. The number of nitrogens with zero attached hydrogens (tertiary/aromatic N) is 4. The molecule has 2 aromatic carbocycles. The summed E-state index contributed by atoms with van der Waals surface area (Å²) in [7, 11) is 0. The Morgan fingerprint density at radius 2 is 1.68 bits per heavy atom. The van der Waals surface area contributed by atoms with Gasteiger partial charge < -0.3 is 8.94 Å². The predicted molar refractivity (Wildman–Crippen MR) is 82.2 cm³/mol. The van der Waals surface area contributed by atoms with Crippen molar-refractivity contribution in [3.63, 3.8) is 0 Å². The van der Waals surface area contributed by atoms with Crippen molar-refractivity contribution in [3.05, 3.63) is 71.9 Å². The van der Waals surface area contributed by atoms with Gasteiger partial charge in [0, 0.05) is 11.1 Å². The van der Waals surface area contributed by atoms with E-state index in [1.165, 1.54) is 24.3 Å². The van der Waals surface area contributed by atoms with Crippen molar-refractivity contribution in [2.24, 2.45) is 0 Å². The molecule has 0 fully saturated rings. The highest BCUT2D eigenvalue weighted by molar-refractivity contribution is 5.54. The maximum absolute atomic E-state index is 13.3. The van der Waals surface area contributed by atoms with E-state index in [1.807, 2.05) is 0 Å². The molecule has 0 bridgehead atoms. The number of rotatable bonds is 4. The van der Waals surface area contributed by atoms with Crippen LogP contribution in [0.3, 0.4) is 0 Å². The molecule has 0 amide bonds. The first-order valence-corrected chi connectivity index (χ1v) is 7.34. The van der Waals surface area contributed by atoms with Gasteiger partial charge in [-0.25, -0.2) is 8.78 Å². The Morgan fingerprint density at radius 1 is 0.840 bits per heavy atom. The highest BCUT2D eigenvalue weighted by Gasteiger charge is 2.14. The Bertz CT molecular complexity index is 1010. The van der Waals surface area contributed by atoms with E-state index in [-0.39, 0.29) is 41.6 Å². The average Bonchev–Trinajstić information content (AvgIpc) is 3.26. The van der Waals surface area contributed by atoms with E-state index in [4.69, 9.17) is 8.94 Å². The number of halogens is 2. The molecule has 0 aliphatic heterocycles. The summed E-state index contributed by atoms with van der Waals surface area (Å²) in [5.74, 6) is 0.332. The lowest BCUT2D eigenvalue weighted by Crippen LogP contribution is -1.89. The SMILES string of the molecule is Fc1ccc(-c2nnc(Cc3nc(-c4cccc(F)c4)no3)o2)cc1. The third-order valence-electron chi connectivity index (χ3n) is 3.41. The van der Waals surface area contributed by atoms with Gasteiger partial charge in [0.25, 0.3) is 0 Å². The molecule has 6 nitrogen and oxygen atoms in total. The van der Waals surface area contributed by atoms with Gasteiger partial charge in [0.2, 0.25) is 23.5 Å². The van der Waals surface area contributed by atoms with E-state index in [9.17, 15) is 8.78 Å². The minimum Gasteiger partial charge on any atom is -0.420 e. The van der Waals surface area contributed by atoms with Crippen LogP contribution in [0.25, 0.3) is 22.8 Å². The van der Waals surface area contributed by atoms with Gasteiger partial charge >= 0.3 is 0 Å². The van der Waals surface area contributed by atoms with Crippen molar-refractivity contribution >= 4 is 0 Å². The fourth-order valence-electron chi connectivity index (χ4n) is 2.24. The molecular formula is C17H10F2N4O2. The zero-order chi connectivity index (χ0) is 17.2. The third-order valence-corrected chi connectivity index (χ3v) is 3.41. The molecule has 0 unspecified atom stereocenters. The lowest BCUT2D eigenvalue weighted by molar-refractivity contribution is 0.374. The predicted octanol–water partition coefficient (Wildman–Crippen LogP) is 3.66. The minimum atomic E-state index is -0.385. The van der Waals surface area contributed by atoms with Crippen molar-refractivity contribution in [3.8, 4) is 22.8 Å². The summed E-state index contributed by atoms with van der Waals surface area (Å²) in [4.78, 5) is 4.19. The van der Waals surface area contributed by atoms with E-state index in [1.54, 1.807) is 24.3 Å². The van der Waals surface area contributed by atoms with Crippen LogP contribution >= 0.6 is 0 Å². The maximum Gasteiger partial charge on any atom is 0.247 e. The van der Waals surface area contributed by atoms with E-state index >= 15 is 0 Å². The van der Waals surface area contributed by atoms with Gasteiger partial charge in [-0.2, -0.15) is 4.98 Å². The summed E-state index contributed by atoms with van der Waals surface area (Å²) < 4.78 is 36.8. The van der Waals surface area contributed by atoms with Crippen LogP contribution in [0.4, 0.5) is 8.78 Å². The highest BCUT2D eigenvalue weighted by Crippen LogP contribution is 2.21. The number of hydrogen-bond donors (Lipinski definition) is 0. The summed E-state index contributed by atoms with van der Waals surface area (Å²) >= 11 is 0. The van der Waals surface area contributed by atoms with E-state index in [0.29, 0.717) is 11.1 Å². The van der Waals surface area contributed by atoms with E-state index in [2.05, 4.69) is 20.3 Å². The standard InChI is InChI=1S/C17H10F2N4O2/c18-12-6-4-10(5-7-12)17-22-21-15(24-17)9-14-20-16(23-25-14)11-2-1-3-13(19)8-11/h1-8H,9H2. The van der Waals surface area contributed by atoms with Crippen molar-refractivity contribution in [1.29, 1.82) is 0 Å². The zero-order valence-corrected chi connectivity index (χ0v) is 12.7. The Kier molecular flexibility index (Phi) is 3.77. The maximum atomic E-state index is 13.3. The summed E-state index contributed by atoms with van der Waals surface area (Å²) in [6, 6.07) is 11.6. The summed E-state index contributed by atoms with van der Waals surface area (Å²) in [6.45, 7) is 0. The average molecular weight is 340 g/mol. The molecule has 8 heteroatoms. The number of benzene rings is 2. The number of hydrogen-bond acceptors (Lipinski definition) is 6. The molecule has 25 heavy (non-hydrogen) atoms. The molecule has 124 valence electrons. The molecule has 0 radical (unpaired) electrons. The van der Waals surface area contributed by atoms with Gasteiger partial charge in [-0.3, -0.25) is 0 Å². The normalized spacial score (nSPS) is 11.0. The van der Waals surface area contributed by atoms with Crippen LogP contribution in [0.2, 0.25) is 0 Å². The smallest absolute Gasteiger partial charge is 0.247 e.